The van der Waals surface area contributed by atoms with Crippen LogP contribution in [0.1, 0.15) is 12.8 Å². The van der Waals surface area contributed by atoms with Gasteiger partial charge in [0.2, 0.25) is 10.0 Å². The van der Waals surface area contributed by atoms with Gasteiger partial charge in [0, 0.05) is 25.0 Å². The lowest BCUT2D eigenvalue weighted by Crippen LogP contribution is -2.33. The van der Waals surface area contributed by atoms with Crippen molar-refractivity contribution < 1.29 is 21.9 Å². The smallest absolute Gasteiger partial charge is 0.235 e. The van der Waals surface area contributed by atoms with Gasteiger partial charge in [0.05, 0.1) is 17.3 Å². The Balaban J connectivity index is 1.50. The van der Waals surface area contributed by atoms with Crippen molar-refractivity contribution in [3.05, 3.63) is 54.8 Å². The Bertz CT molecular complexity index is 1460. The molecule has 0 radical (unpaired) electrons. The molecule has 0 saturated carbocycles. The van der Waals surface area contributed by atoms with Crippen LogP contribution in [0.4, 0.5) is 26.0 Å². The van der Waals surface area contributed by atoms with E-state index in [4.69, 9.17) is 4.74 Å². The van der Waals surface area contributed by atoms with E-state index in [-0.39, 0.29) is 11.5 Å². The van der Waals surface area contributed by atoms with Gasteiger partial charge in [-0.3, -0.25) is 4.72 Å². The maximum atomic E-state index is 15.3. The number of pyridine rings is 1. The van der Waals surface area contributed by atoms with E-state index in [2.05, 4.69) is 35.0 Å². The van der Waals surface area contributed by atoms with Crippen LogP contribution >= 0.6 is 0 Å². The van der Waals surface area contributed by atoms with E-state index < -0.39 is 32.6 Å². The number of halogens is 2. The topological polar surface area (TPSA) is 135 Å². The third-order valence-corrected chi connectivity index (χ3v) is 7.33. The molecule has 1 fully saturated rings. The summed E-state index contributed by atoms with van der Waals surface area (Å²) in [7, 11) is -3.89. The number of aromatic nitrogens is 5. The lowest BCUT2D eigenvalue weighted by molar-refractivity contribution is 0.0984. The van der Waals surface area contributed by atoms with Crippen LogP contribution in [0.2, 0.25) is 0 Å². The molecule has 0 amide bonds. The number of benzene rings is 1. The van der Waals surface area contributed by atoms with Crippen molar-refractivity contribution in [2.24, 2.45) is 0 Å². The standard InChI is InChI=1S/C21H19F2N7O3S/c22-14-3-4-15(30-34(31,32)12-5-8-33-9-6-12)16(23)18(14)29-20-13(2-1-7-24-20)17-19-21(27-10-25-17)28-11-26-19/h1-4,7,10-12,30H,5-6,8-9H2,(H,24,29)(H,25,26,27,28). The van der Waals surface area contributed by atoms with Gasteiger partial charge in [0.1, 0.15) is 34.9 Å². The first-order valence-corrected chi connectivity index (χ1v) is 11.9. The summed E-state index contributed by atoms with van der Waals surface area (Å²) in [4.78, 5) is 19.6. The molecule has 34 heavy (non-hydrogen) atoms. The summed E-state index contributed by atoms with van der Waals surface area (Å²) in [6, 6.07) is 5.35. The van der Waals surface area contributed by atoms with Crippen LogP contribution in [-0.2, 0) is 14.8 Å². The second-order valence-corrected chi connectivity index (χ2v) is 9.55. The molecule has 1 aromatic carbocycles. The molecule has 4 heterocycles. The predicted octanol–water partition coefficient (Wildman–Crippen LogP) is 3.36. The van der Waals surface area contributed by atoms with Crippen molar-refractivity contribution in [3.63, 3.8) is 0 Å². The van der Waals surface area contributed by atoms with Crippen LogP contribution in [0.25, 0.3) is 22.4 Å². The number of hydrogen-bond donors (Lipinski definition) is 3. The lowest BCUT2D eigenvalue weighted by Gasteiger charge is -2.23. The third kappa shape index (κ3) is 4.15. The highest BCUT2D eigenvalue weighted by atomic mass is 32.2. The fourth-order valence-corrected chi connectivity index (χ4v) is 5.20. The number of sulfonamides is 1. The zero-order valence-electron chi connectivity index (χ0n) is 17.6. The van der Waals surface area contributed by atoms with Crippen LogP contribution in [0.15, 0.2) is 43.1 Å². The molecule has 1 aliphatic rings. The van der Waals surface area contributed by atoms with Gasteiger partial charge in [-0.1, -0.05) is 0 Å². The summed E-state index contributed by atoms with van der Waals surface area (Å²) in [6.07, 6.45) is 4.82. The highest BCUT2D eigenvalue weighted by Crippen LogP contribution is 2.34. The molecular weight excluding hydrogens is 468 g/mol. The first-order chi connectivity index (χ1) is 16.4. The molecule has 0 bridgehead atoms. The highest BCUT2D eigenvalue weighted by molar-refractivity contribution is 7.93. The predicted molar refractivity (Wildman–Crippen MR) is 121 cm³/mol. The normalized spacial score (nSPS) is 14.9. The van der Waals surface area contributed by atoms with Crippen LogP contribution in [0.5, 0.6) is 0 Å². The number of rotatable bonds is 6. The summed E-state index contributed by atoms with van der Waals surface area (Å²) in [5.41, 5.74) is 0.883. The molecule has 4 aromatic rings. The molecule has 0 spiro atoms. The summed E-state index contributed by atoms with van der Waals surface area (Å²) in [5.74, 6) is -1.90. The van der Waals surface area contributed by atoms with Gasteiger partial charge in [-0.05, 0) is 37.1 Å². The van der Waals surface area contributed by atoms with Crippen molar-refractivity contribution in [2.45, 2.75) is 18.1 Å². The van der Waals surface area contributed by atoms with E-state index in [0.717, 1.165) is 12.1 Å². The number of H-pyrrole nitrogens is 1. The van der Waals surface area contributed by atoms with Crippen molar-refractivity contribution in [1.29, 1.82) is 0 Å². The third-order valence-electron chi connectivity index (χ3n) is 5.48. The van der Waals surface area contributed by atoms with Gasteiger partial charge in [-0.2, -0.15) is 0 Å². The molecule has 0 aliphatic carbocycles. The Hall–Kier alpha value is -3.71. The number of anilines is 3. The highest BCUT2D eigenvalue weighted by Gasteiger charge is 2.29. The number of aromatic amines is 1. The number of ether oxygens (including phenoxy) is 1. The molecule has 5 rings (SSSR count). The van der Waals surface area contributed by atoms with Gasteiger partial charge < -0.3 is 15.0 Å². The van der Waals surface area contributed by atoms with Crippen molar-refractivity contribution in [1.82, 2.24) is 24.9 Å². The Labute approximate surface area is 192 Å². The maximum Gasteiger partial charge on any atom is 0.235 e. The average molecular weight is 487 g/mol. The molecular formula is C21H19F2N7O3S. The second kappa shape index (κ2) is 8.91. The van der Waals surface area contributed by atoms with E-state index in [9.17, 15) is 12.8 Å². The minimum absolute atomic E-state index is 0.110. The summed E-state index contributed by atoms with van der Waals surface area (Å²) < 4.78 is 62.9. The lowest BCUT2D eigenvalue weighted by atomic mass is 10.1. The first kappa shape index (κ1) is 22.1. The Morgan fingerprint density at radius 3 is 2.71 bits per heavy atom. The summed E-state index contributed by atoms with van der Waals surface area (Å²) >= 11 is 0. The molecule has 1 aliphatic heterocycles. The van der Waals surface area contributed by atoms with Crippen molar-refractivity contribution in [3.8, 4) is 11.3 Å². The van der Waals surface area contributed by atoms with E-state index in [0.29, 0.717) is 48.5 Å². The van der Waals surface area contributed by atoms with Gasteiger partial charge in [0.25, 0.3) is 0 Å². The minimum Gasteiger partial charge on any atom is -0.381 e. The second-order valence-electron chi connectivity index (χ2n) is 7.59. The monoisotopic (exact) mass is 487 g/mol. The maximum absolute atomic E-state index is 15.3. The molecule has 0 unspecified atom stereocenters. The molecule has 10 nitrogen and oxygen atoms in total. The van der Waals surface area contributed by atoms with Crippen LogP contribution in [-0.4, -0.2) is 51.8 Å². The van der Waals surface area contributed by atoms with Crippen LogP contribution in [0.3, 0.4) is 0 Å². The zero-order chi connectivity index (χ0) is 23.7. The largest absolute Gasteiger partial charge is 0.381 e. The SMILES string of the molecule is O=S(=O)(Nc1ccc(F)c(Nc2ncccc2-c2ncnc3nc[nH]c23)c1F)C1CCOCC1. The quantitative estimate of drug-likeness (QED) is 0.377. The number of imidazole rings is 1. The first-order valence-electron chi connectivity index (χ1n) is 10.4. The Morgan fingerprint density at radius 1 is 1.06 bits per heavy atom. The number of nitrogens with one attached hydrogen (secondary N) is 3. The summed E-state index contributed by atoms with van der Waals surface area (Å²) in [5, 5.41) is 1.94. The van der Waals surface area contributed by atoms with Gasteiger partial charge in [-0.15, -0.1) is 0 Å². The Kier molecular flexibility index (Phi) is 5.79. The number of fused-ring (bicyclic) bond motifs is 1. The molecule has 3 aromatic heterocycles. The van der Waals surface area contributed by atoms with E-state index in [1.54, 1.807) is 12.1 Å². The average Bonchev–Trinajstić information content (AvgIpc) is 3.34. The summed E-state index contributed by atoms with van der Waals surface area (Å²) in [6.45, 7) is 0.610. The molecule has 1 saturated heterocycles. The van der Waals surface area contributed by atoms with Gasteiger partial charge >= 0.3 is 0 Å². The fraction of sp³-hybridized carbons (Fsp3) is 0.238. The van der Waals surface area contributed by atoms with Gasteiger partial charge in [-0.25, -0.2) is 37.1 Å². The van der Waals surface area contributed by atoms with Crippen molar-refractivity contribution >= 4 is 38.4 Å². The molecule has 176 valence electrons. The minimum atomic E-state index is -3.89. The van der Waals surface area contributed by atoms with Crippen LogP contribution < -0.4 is 10.0 Å². The number of hydrogen-bond acceptors (Lipinski definition) is 8. The van der Waals surface area contributed by atoms with Crippen molar-refractivity contribution in [2.75, 3.05) is 23.3 Å². The zero-order valence-corrected chi connectivity index (χ0v) is 18.4. The van der Waals surface area contributed by atoms with E-state index in [1.807, 2.05) is 0 Å². The number of nitrogens with zero attached hydrogens (tertiary/aromatic N) is 4. The molecule has 0 atom stereocenters. The van der Waals surface area contributed by atoms with Crippen LogP contribution in [0, 0.1) is 11.6 Å². The molecule has 3 N–H and O–H groups in total. The Morgan fingerprint density at radius 2 is 1.88 bits per heavy atom. The van der Waals surface area contributed by atoms with Gasteiger partial charge in [0.15, 0.2) is 11.5 Å². The molecule has 13 heteroatoms. The van der Waals surface area contributed by atoms with E-state index in [1.165, 1.54) is 18.9 Å². The van der Waals surface area contributed by atoms with E-state index >= 15 is 4.39 Å². The fourth-order valence-electron chi connectivity index (χ4n) is 3.75.